The fraction of sp³-hybridized carbons (Fsp3) is 0.250. The molecule has 1 rings (SSSR count). The summed E-state index contributed by atoms with van der Waals surface area (Å²) in [5, 5.41) is 18.5. The SMILES string of the molecule is CO[Si](O)(O)OC.Oc1c(Br)cc(Br)c(O)c1Br. The van der Waals surface area contributed by atoms with Crippen LogP contribution in [0.1, 0.15) is 0 Å². The third-order valence-electron chi connectivity index (χ3n) is 1.65. The Balaban J connectivity index is 0.000000360. The Morgan fingerprint density at radius 1 is 0.944 bits per heavy atom. The van der Waals surface area contributed by atoms with Crippen LogP contribution in [0, 0.1) is 0 Å². The summed E-state index contributed by atoms with van der Waals surface area (Å²) < 4.78 is 9.55. The van der Waals surface area contributed by atoms with Gasteiger partial charge in [-0.1, -0.05) is 0 Å². The van der Waals surface area contributed by atoms with Gasteiger partial charge in [-0.05, 0) is 53.9 Å². The van der Waals surface area contributed by atoms with E-state index in [-0.39, 0.29) is 16.0 Å². The minimum Gasteiger partial charge on any atom is -0.505 e. The Morgan fingerprint density at radius 2 is 1.28 bits per heavy atom. The summed E-state index contributed by atoms with van der Waals surface area (Å²) >= 11 is 9.24. The standard InChI is InChI=1S/C6H3Br3O2.C2H8O4Si/c7-2-1-3(8)6(11)4(9)5(2)10;1-5-7(3,4)6-2/h1,10-11H;3-4H,1-2H3. The summed E-state index contributed by atoms with van der Waals surface area (Å²) in [5.41, 5.74) is 0. The van der Waals surface area contributed by atoms with Crippen LogP contribution in [-0.4, -0.2) is 43.1 Å². The Kier molecular flexibility index (Phi) is 7.93. The highest BCUT2D eigenvalue weighted by Gasteiger charge is 2.32. The van der Waals surface area contributed by atoms with Gasteiger partial charge in [-0.2, -0.15) is 0 Å². The molecule has 0 unspecified atom stereocenters. The zero-order valence-electron chi connectivity index (χ0n) is 9.32. The highest BCUT2D eigenvalue weighted by atomic mass is 79.9. The molecular weight excluding hydrogens is 460 g/mol. The maximum Gasteiger partial charge on any atom is 0.673 e. The van der Waals surface area contributed by atoms with Crippen molar-refractivity contribution in [1.82, 2.24) is 0 Å². The van der Waals surface area contributed by atoms with Gasteiger partial charge in [0.15, 0.2) is 0 Å². The lowest BCUT2D eigenvalue weighted by atomic mass is 10.3. The number of aromatic hydroxyl groups is 2. The largest absolute Gasteiger partial charge is 0.673 e. The zero-order valence-corrected chi connectivity index (χ0v) is 15.1. The molecule has 0 bridgehead atoms. The van der Waals surface area contributed by atoms with Crippen molar-refractivity contribution in [3.05, 3.63) is 19.5 Å². The Hall–Kier alpha value is 0.317. The van der Waals surface area contributed by atoms with Gasteiger partial charge in [0, 0.05) is 14.2 Å². The molecule has 4 N–H and O–H groups in total. The van der Waals surface area contributed by atoms with Gasteiger partial charge in [0.25, 0.3) is 0 Å². The van der Waals surface area contributed by atoms with Crippen LogP contribution in [0.15, 0.2) is 19.5 Å². The lowest BCUT2D eigenvalue weighted by molar-refractivity contribution is 0.0634. The van der Waals surface area contributed by atoms with Gasteiger partial charge in [0.1, 0.15) is 16.0 Å². The second-order valence-corrected chi connectivity index (χ2v) is 7.22. The lowest BCUT2D eigenvalue weighted by Crippen LogP contribution is -2.40. The number of phenolic OH excluding ortho intramolecular Hbond substituents is 2. The molecule has 104 valence electrons. The fourth-order valence-corrected chi connectivity index (χ4v) is 2.94. The molecule has 0 aliphatic rings. The lowest BCUT2D eigenvalue weighted by Gasteiger charge is -2.08. The molecule has 0 radical (unpaired) electrons. The molecule has 0 aliphatic heterocycles. The molecule has 0 saturated heterocycles. The van der Waals surface area contributed by atoms with Gasteiger partial charge in [-0.3, -0.25) is 0 Å². The second kappa shape index (κ2) is 7.80. The molecule has 0 saturated carbocycles. The molecule has 1 aromatic carbocycles. The maximum absolute atomic E-state index is 9.24. The molecule has 0 heterocycles. The van der Waals surface area contributed by atoms with E-state index < -0.39 is 9.05 Å². The van der Waals surface area contributed by atoms with E-state index in [4.69, 9.17) is 9.59 Å². The van der Waals surface area contributed by atoms with E-state index in [9.17, 15) is 10.2 Å². The van der Waals surface area contributed by atoms with Crippen LogP contribution in [-0.2, 0) is 8.85 Å². The first-order valence-electron chi connectivity index (χ1n) is 4.26. The van der Waals surface area contributed by atoms with E-state index in [1.165, 1.54) is 14.2 Å². The van der Waals surface area contributed by atoms with Crippen LogP contribution in [0.25, 0.3) is 0 Å². The van der Waals surface area contributed by atoms with Crippen LogP contribution in [0.3, 0.4) is 0 Å². The summed E-state index contributed by atoms with van der Waals surface area (Å²) in [6.45, 7) is 0. The molecule has 0 aromatic heterocycles. The predicted molar refractivity (Wildman–Crippen MR) is 77.1 cm³/mol. The summed E-state index contributed by atoms with van der Waals surface area (Å²) in [7, 11) is -1.30. The first-order chi connectivity index (χ1) is 8.16. The van der Waals surface area contributed by atoms with E-state index in [1.807, 2.05) is 0 Å². The van der Waals surface area contributed by atoms with E-state index in [0.29, 0.717) is 8.95 Å². The van der Waals surface area contributed by atoms with Crippen molar-refractivity contribution in [2.45, 2.75) is 0 Å². The Bertz CT molecular complexity index is 382. The smallest absolute Gasteiger partial charge is 0.505 e. The van der Waals surface area contributed by atoms with Crippen LogP contribution >= 0.6 is 47.8 Å². The van der Waals surface area contributed by atoms with Gasteiger partial charge < -0.3 is 28.7 Å². The quantitative estimate of drug-likeness (QED) is 0.494. The summed E-state index contributed by atoms with van der Waals surface area (Å²) in [5.74, 6) is -0.0172. The Morgan fingerprint density at radius 3 is 1.50 bits per heavy atom. The number of hydrogen-bond acceptors (Lipinski definition) is 6. The summed E-state index contributed by atoms with van der Waals surface area (Å²) in [6, 6.07) is 1.56. The predicted octanol–water partition coefficient (Wildman–Crippen LogP) is 2.08. The third kappa shape index (κ3) is 5.53. The van der Waals surface area contributed by atoms with Crippen LogP contribution in [0.2, 0.25) is 0 Å². The van der Waals surface area contributed by atoms with E-state index >= 15 is 0 Å². The number of halogens is 3. The normalized spacial score (nSPS) is 10.8. The van der Waals surface area contributed by atoms with Crippen molar-refractivity contribution in [1.29, 1.82) is 0 Å². The topological polar surface area (TPSA) is 99.4 Å². The molecule has 0 amide bonds. The molecule has 18 heavy (non-hydrogen) atoms. The number of benzene rings is 1. The average Bonchev–Trinajstić information content (AvgIpc) is 2.35. The number of phenols is 2. The van der Waals surface area contributed by atoms with Crippen molar-refractivity contribution in [3.63, 3.8) is 0 Å². The first-order valence-corrected chi connectivity index (χ1v) is 8.35. The monoisotopic (exact) mass is 468 g/mol. The van der Waals surface area contributed by atoms with Gasteiger partial charge in [-0.15, -0.1) is 0 Å². The van der Waals surface area contributed by atoms with Crippen molar-refractivity contribution >= 4 is 56.8 Å². The van der Waals surface area contributed by atoms with Gasteiger partial charge in [0.05, 0.1) is 8.95 Å². The van der Waals surface area contributed by atoms with Gasteiger partial charge >= 0.3 is 9.05 Å². The van der Waals surface area contributed by atoms with Crippen molar-refractivity contribution in [3.8, 4) is 11.5 Å². The second-order valence-electron chi connectivity index (χ2n) is 2.81. The first kappa shape index (κ1) is 18.3. The molecule has 0 fully saturated rings. The van der Waals surface area contributed by atoms with E-state index in [2.05, 4.69) is 56.6 Å². The molecular formula is C8H11Br3O6Si. The highest BCUT2D eigenvalue weighted by molar-refractivity contribution is 9.11. The summed E-state index contributed by atoms with van der Waals surface area (Å²) in [6.07, 6.45) is 0. The zero-order chi connectivity index (χ0) is 14.5. The highest BCUT2D eigenvalue weighted by Crippen LogP contribution is 2.43. The molecule has 0 atom stereocenters. The molecule has 0 aliphatic carbocycles. The fourth-order valence-electron chi connectivity index (χ4n) is 0.653. The van der Waals surface area contributed by atoms with Crippen molar-refractivity contribution in [2.75, 3.05) is 14.2 Å². The van der Waals surface area contributed by atoms with Crippen LogP contribution in [0.5, 0.6) is 11.5 Å². The van der Waals surface area contributed by atoms with Gasteiger partial charge in [0.2, 0.25) is 0 Å². The minimum atomic E-state index is -3.65. The number of rotatable bonds is 2. The molecule has 0 spiro atoms. The Labute approximate surface area is 130 Å². The van der Waals surface area contributed by atoms with E-state index in [1.54, 1.807) is 6.07 Å². The van der Waals surface area contributed by atoms with Gasteiger partial charge in [-0.25, -0.2) is 0 Å². The van der Waals surface area contributed by atoms with E-state index in [0.717, 1.165) is 0 Å². The van der Waals surface area contributed by atoms with Crippen LogP contribution < -0.4 is 0 Å². The van der Waals surface area contributed by atoms with Crippen molar-refractivity contribution < 1.29 is 28.7 Å². The average molecular weight is 471 g/mol. The van der Waals surface area contributed by atoms with Crippen LogP contribution in [0.4, 0.5) is 0 Å². The minimum absolute atomic E-state index is 0.00861. The number of hydrogen-bond donors (Lipinski definition) is 4. The van der Waals surface area contributed by atoms with Crippen molar-refractivity contribution in [2.24, 2.45) is 0 Å². The molecule has 6 nitrogen and oxygen atoms in total. The summed E-state index contributed by atoms with van der Waals surface area (Å²) in [4.78, 5) is 16.8. The molecule has 1 aromatic rings. The maximum atomic E-state index is 9.24. The third-order valence-corrected chi connectivity index (χ3v) is 4.68. The molecule has 10 heteroatoms.